The molecule has 4 aromatic rings. The highest BCUT2D eigenvalue weighted by molar-refractivity contribution is 8.00. The van der Waals surface area contributed by atoms with Crippen LogP contribution < -0.4 is 14.4 Å². The number of aromatic nitrogens is 3. The Bertz CT molecular complexity index is 1510. The van der Waals surface area contributed by atoms with Gasteiger partial charge in [-0.2, -0.15) is 0 Å². The largest absolute Gasteiger partial charge is 0.496 e. The molecule has 0 spiro atoms. The molecule has 0 saturated carbocycles. The second kappa shape index (κ2) is 11.7. The number of carbonyl (C=O) groups is 2. The summed E-state index contributed by atoms with van der Waals surface area (Å²) in [5.41, 5.74) is 4.01. The Hall–Kier alpha value is -4.24. The zero-order chi connectivity index (χ0) is 27.4. The molecule has 0 bridgehead atoms. The number of hydrogen-bond acceptors (Lipinski definition) is 8. The molecule has 1 fully saturated rings. The first kappa shape index (κ1) is 26.4. The van der Waals surface area contributed by atoms with E-state index in [0.717, 1.165) is 23.2 Å². The van der Waals surface area contributed by atoms with Gasteiger partial charge in [0.05, 0.1) is 19.5 Å². The van der Waals surface area contributed by atoms with Gasteiger partial charge in [0.25, 0.3) is 0 Å². The van der Waals surface area contributed by atoms with Gasteiger partial charge < -0.3 is 14.4 Å². The van der Waals surface area contributed by atoms with Crippen molar-refractivity contribution in [2.45, 2.75) is 30.2 Å². The van der Waals surface area contributed by atoms with E-state index in [4.69, 9.17) is 14.5 Å². The van der Waals surface area contributed by atoms with E-state index >= 15 is 0 Å². The monoisotopic (exact) mass is 540 g/mol. The summed E-state index contributed by atoms with van der Waals surface area (Å²) in [5.74, 6) is 1.35. The maximum atomic E-state index is 13.3. The maximum absolute atomic E-state index is 13.3. The Morgan fingerprint density at radius 2 is 1.49 bits per heavy atom. The average Bonchev–Trinajstić information content (AvgIpc) is 3.42. The number of nitrogens with zero attached hydrogens (tertiary/aromatic N) is 4. The van der Waals surface area contributed by atoms with E-state index in [0.29, 0.717) is 46.6 Å². The van der Waals surface area contributed by atoms with Crippen molar-refractivity contribution < 1.29 is 19.1 Å². The van der Waals surface area contributed by atoms with E-state index in [1.165, 1.54) is 11.8 Å². The van der Waals surface area contributed by atoms with E-state index in [1.807, 2.05) is 67.6 Å². The maximum Gasteiger partial charge on any atom is 0.227 e. The van der Waals surface area contributed by atoms with E-state index < -0.39 is 5.25 Å². The lowest BCUT2D eigenvalue weighted by Gasteiger charge is -2.17. The van der Waals surface area contributed by atoms with Crippen molar-refractivity contribution in [1.29, 1.82) is 0 Å². The molecule has 1 amide bonds. The average molecular weight is 541 g/mol. The van der Waals surface area contributed by atoms with E-state index in [2.05, 4.69) is 10.2 Å². The molecule has 1 atom stereocenters. The van der Waals surface area contributed by atoms with Crippen LogP contribution >= 0.6 is 11.8 Å². The lowest BCUT2D eigenvalue weighted by atomic mass is 10.0. The van der Waals surface area contributed by atoms with Gasteiger partial charge in [0, 0.05) is 35.3 Å². The van der Waals surface area contributed by atoms with Crippen LogP contribution in [0.2, 0.25) is 0 Å². The Labute approximate surface area is 231 Å². The topological polar surface area (TPSA) is 94.5 Å². The molecule has 8 nitrogen and oxygen atoms in total. The molecule has 3 aromatic carbocycles. The molecule has 5 rings (SSSR count). The predicted molar refractivity (Wildman–Crippen MR) is 151 cm³/mol. The van der Waals surface area contributed by atoms with Gasteiger partial charge in [-0.1, -0.05) is 36.0 Å². The zero-order valence-corrected chi connectivity index (χ0v) is 22.8. The Morgan fingerprint density at radius 3 is 2.08 bits per heavy atom. The zero-order valence-electron chi connectivity index (χ0n) is 22.0. The van der Waals surface area contributed by atoms with Gasteiger partial charge in [-0.25, -0.2) is 4.98 Å². The van der Waals surface area contributed by atoms with Crippen LogP contribution in [-0.4, -0.2) is 52.9 Å². The molecule has 2 heterocycles. The summed E-state index contributed by atoms with van der Waals surface area (Å²) in [5, 5.41) is 8.82. The van der Waals surface area contributed by atoms with Crippen molar-refractivity contribution in [3.63, 3.8) is 0 Å². The van der Waals surface area contributed by atoms with Crippen LogP contribution in [0.3, 0.4) is 0 Å². The van der Waals surface area contributed by atoms with E-state index in [1.54, 1.807) is 31.3 Å². The molecule has 1 aliphatic heterocycles. The number of Topliss-reactive ketones (excluding diaryl/α,β-unsaturated/α-hetero) is 1. The summed E-state index contributed by atoms with van der Waals surface area (Å²) in [6.07, 6.45) is 1.42. The number of thioether (sulfide) groups is 1. The minimum Gasteiger partial charge on any atom is -0.496 e. The SMILES string of the molecule is COc1ccccc1-c1nnc(S[C@H](C)C(=O)c2ccc(N3CCCC3=O)cc2)nc1-c1ccccc1OC. The van der Waals surface area contributed by atoms with Gasteiger partial charge in [-0.05, 0) is 61.9 Å². The third-order valence-electron chi connectivity index (χ3n) is 6.58. The van der Waals surface area contributed by atoms with Gasteiger partial charge in [0.2, 0.25) is 11.1 Å². The Morgan fingerprint density at radius 1 is 0.872 bits per heavy atom. The van der Waals surface area contributed by atoms with Crippen molar-refractivity contribution in [1.82, 2.24) is 15.2 Å². The number of benzene rings is 3. The number of carbonyl (C=O) groups excluding carboxylic acids is 2. The summed E-state index contributed by atoms with van der Waals surface area (Å²) >= 11 is 1.24. The van der Waals surface area contributed by atoms with Crippen LogP contribution in [0.25, 0.3) is 22.5 Å². The molecular weight excluding hydrogens is 512 g/mol. The smallest absolute Gasteiger partial charge is 0.227 e. The highest BCUT2D eigenvalue weighted by Gasteiger charge is 2.24. The van der Waals surface area contributed by atoms with E-state index in [9.17, 15) is 9.59 Å². The quantitative estimate of drug-likeness (QED) is 0.197. The second-order valence-corrected chi connectivity index (χ2v) is 10.3. The number of ketones is 1. The lowest BCUT2D eigenvalue weighted by Crippen LogP contribution is -2.23. The summed E-state index contributed by atoms with van der Waals surface area (Å²) < 4.78 is 11.2. The number of para-hydroxylation sites is 2. The van der Waals surface area contributed by atoms with Crippen molar-refractivity contribution in [3.8, 4) is 34.0 Å². The van der Waals surface area contributed by atoms with Gasteiger partial charge in [-0.3, -0.25) is 9.59 Å². The fourth-order valence-corrected chi connectivity index (χ4v) is 5.38. The fraction of sp³-hybridized carbons (Fsp3) is 0.233. The number of anilines is 1. The van der Waals surface area contributed by atoms with Gasteiger partial charge >= 0.3 is 0 Å². The molecule has 198 valence electrons. The molecule has 9 heteroatoms. The van der Waals surface area contributed by atoms with Crippen molar-refractivity contribution >= 4 is 29.1 Å². The van der Waals surface area contributed by atoms with Crippen LogP contribution in [0, 0.1) is 0 Å². The number of hydrogen-bond donors (Lipinski definition) is 0. The van der Waals surface area contributed by atoms with Gasteiger partial charge in [0.15, 0.2) is 5.78 Å². The first-order valence-electron chi connectivity index (χ1n) is 12.6. The van der Waals surface area contributed by atoms with Crippen molar-refractivity contribution in [2.75, 3.05) is 25.7 Å². The highest BCUT2D eigenvalue weighted by Crippen LogP contribution is 2.39. The van der Waals surface area contributed by atoms with Crippen molar-refractivity contribution in [3.05, 3.63) is 78.4 Å². The molecule has 39 heavy (non-hydrogen) atoms. The van der Waals surface area contributed by atoms with E-state index in [-0.39, 0.29) is 11.7 Å². The minimum absolute atomic E-state index is 0.0597. The predicted octanol–water partition coefficient (Wildman–Crippen LogP) is 5.71. The molecular formula is C30H28N4O4S. The molecule has 1 saturated heterocycles. The number of methoxy groups -OCH3 is 2. The normalized spacial score (nSPS) is 13.8. The van der Waals surface area contributed by atoms with Crippen LogP contribution in [0.5, 0.6) is 11.5 Å². The van der Waals surface area contributed by atoms with Crippen LogP contribution in [0.4, 0.5) is 5.69 Å². The number of rotatable bonds is 9. The fourth-order valence-electron chi connectivity index (χ4n) is 4.58. The molecule has 0 radical (unpaired) electrons. The third kappa shape index (κ3) is 5.49. The molecule has 0 unspecified atom stereocenters. The van der Waals surface area contributed by atoms with Crippen LogP contribution in [0.15, 0.2) is 78.0 Å². The standard InChI is InChI=1S/C30H28N4O4S/c1-19(29(36)20-14-16-21(17-15-20)34-18-8-13-26(34)35)39-30-31-27(22-9-4-6-11-24(22)37-2)28(32-33-30)23-10-5-7-12-25(23)38-3/h4-7,9-12,14-17,19H,8,13,18H2,1-3H3/t19-/m1/s1. The Balaban J connectivity index is 1.44. The summed E-state index contributed by atoms with van der Waals surface area (Å²) in [4.78, 5) is 31.9. The van der Waals surface area contributed by atoms with Gasteiger partial charge in [-0.15, -0.1) is 10.2 Å². The highest BCUT2D eigenvalue weighted by atomic mass is 32.2. The minimum atomic E-state index is -0.464. The summed E-state index contributed by atoms with van der Waals surface area (Å²) in [6, 6.07) is 22.3. The molecule has 1 aromatic heterocycles. The lowest BCUT2D eigenvalue weighted by molar-refractivity contribution is -0.117. The Kier molecular flexibility index (Phi) is 7.88. The van der Waals surface area contributed by atoms with Gasteiger partial charge in [0.1, 0.15) is 22.9 Å². The van der Waals surface area contributed by atoms with Crippen molar-refractivity contribution in [2.24, 2.45) is 0 Å². The molecule has 0 aliphatic carbocycles. The van der Waals surface area contributed by atoms with Crippen LogP contribution in [-0.2, 0) is 4.79 Å². The molecule has 0 N–H and O–H groups in total. The summed E-state index contributed by atoms with van der Waals surface area (Å²) in [7, 11) is 3.22. The second-order valence-electron chi connectivity index (χ2n) is 9.01. The van der Waals surface area contributed by atoms with Crippen LogP contribution in [0.1, 0.15) is 30.1 Å². The first-order chi connectivity index (χ1) is 19.0. The number of ether oxygens (including phenoxy) is 2. The number of amides is 1. The first-order valence-corrected chi connectivity index (χ1v) is 13.5. The summed E-state index contributed by atoms with van der Waals surface area (Å²) in [6.45, 7) is 2.54. The molecule has 1 aliphatic rings. The third-order valence-corrected chi connectivity index (χ3v) is 7.53.